The molecular formula is C29H28N4O4. The van der Waals surface area contributed by atoms with Gasteiger partial charge in [0, 0.05) is 12.1 Å². The van der Waals surface area contributed by atoms with Crippen molar-refractivity contribution in [3.05, 3.63) is 95.3 Å². The largest absolute Gasteiger partial charge is 0.508 e. The zero-order valence-corrected chi connectivity index (χ0v) is 20.2. The van der Waals surface area contributed by atoms with Gasteiger partial charge in [0.15, 0.2) is 0 Å². The molecule has 1 amide bonds. The fourth-order valence-electron chi connectivity index (χ4n) is 4.72. The monoisotopic (exact) mass is 496 g/mol. The van der Waals surface area contributed by atoms with Crippen LogP contribution < -0.4 is 10.6 Å². The number of H-pyrrole nitrogens is 1. The van der Waals surface area contributed by atoms with Crippen molar-refractivity contribution in [1.29, 1.82) is 0 Å². The van der Waals surface area contributed by atoms with Crippen molar-refractivity contribution in [2.75, 3.05) is 18.0 Å². The predicted octanol–water partition coefficient (Wildman–Crippen LogP) is 4.11. The maximum atomic E-state index is 13.8. The minimum absolute atomic E-state index is 0.0127. The summed E-state index contributed by atoms with van der Waals surface area (Å²) < 4.78 is 0. The van der Waals surface area contributed by atoms with E-state index >= 15 is 0 Å². The first-order valence-electron chi connectivity index (χ1n) is 12.3. The van der Waals surface area contributed by atoms with E-state index in [9.17, 15) is 19.8 Å². The Bertz CT molecular complexity index is 1490. The predicted molar refractivity (Wildman–Crippen MR) is 144 cm³/mol. The highest BCUT2D eigenvalue weighted by Gasteiger charge is 2.34. The molecule has 0 saturated carbocycles. The summed E-state index contributed by atoms with van der Waals surface area (Å²) in [5.41, 5.74) is 9.04. The number of aromatic hydroxyl groups is 1. The molecule has 5 rings (SSSR count). The molecule has 0 bridgehead atoms. The topological polar surface area (TPSA) is 132 Å². The van der Waals surface area contributed by atoms with Gasteiger partial charge < -0.3 is 25.8 Å². The number of hydrogen-bond acceptors (Lipinski definition) is 5. The van der Waals surface area contributed by atoms with Crippen LogP contribution in [0.1, 0.15) is 40.2 Å². The van der Waals surface area contributed by atoms with Gasteiger partial charge in [-0.3, -0.25) is 9.79 Å². The Morgan fingerprint density at radius 2 is 1.78 bits per heavy atom. The molecule has 188 valence electrons. The van der Waals surface area contributed by atoms with Crippen LogP contribution >= 0.6 is 0 Å². The van der Waals surface area contributed by atoms with Gasteiger partial charge in [-0.05, 0) is 66.4 Å². The van der Waals surface area contributed by atoms with Crippen molar-refractivity contribution in [3.8, 4) is 5.75 Å². The normalized spacial score (nSPS) is 15.4. The average Bonchev–Trinajstić information content (AvgIpc) is 3.31. The number of rotatable bonds is 8. The van der Waals surface area contributed by atoms with Crippen molar-refractivity contribution in [2.45, 2.75) is 25.3 Å². The molecule has 0 radical (unpaired) electrons. The van der Waals surface area contributed by atoms with Crippen LogP contribution in [0.15, 0.2) is 77.8 Å². The van der Waals surface area contributed by atoms with Crippen LogP contribution in [-0.2, 0) is 11.2 Å². The van der Waals surface area contributed by atoms with Crippen molar-refractivity contribution < 1.29 is 19.8 Å². The van der Waals surface area contributed by atoms with Gasteiger partial charge in [-0.1, -0.05) is 48.5 Å². The number of carboxylic acid groups (broad SMARTS) is 1. The number of aromatic amines is 1. The molecule has 8 nitrogen and oxygen atoms in total. The van der Waals surface area contributed by atoms with Crippen LogP contribution in [0, 0.1) is 0 Å². The number of fused-ring (bicyclic) bond motifs is 2. The Morgan fingerprint density at radius 1 is 1.03 bits per heavy atom. The summed E-state index contributed by atoms with van der Waals surface area (Å²) in [5, 5.41) is 21.4. The van der Waals surface area contributed by atoms with E-state index in [0.29, 0.717) is 49.4 Å². The van der Waals surface area contributed by atoms with Crippen molar-refractivity contribution in [3.63, 3.8) is 0 Å². The Hall–Kier alpha value is -4.43. The zero-order chi connectivity index (χ0) is 25.9. The number of carboxylic acids is 1. The zero-order valence-electron chi connectivity index (χ0n) is 20.2. The van der Waals surface area contributed by atoms with Gasteiger partial charge in [0.2, 0.25) is 0 Å². The van der Waals surface area contributed by atoms with Crippen LogP contribution in [0.2, 0.25) is 0 Å². The van der Waals surface area contributed by atoms with E-state index in [4.69, 9.17) is 10.7 Å². The van der Waals surface area contributed by atoms with Gasteiger partial charge >= 0.3 is 5.97 Å². The van der Waals surface area contributed by atoms with Crippen molar-refractivity contribution in [2.24, 2.45) is 10.7 Å². The van der Waals surface area contributed by atoms with E-state index in [1.807, 2.05) is 42.5 Å². The van der Waals surface area contributed by atoms with E-state index < -0.39 is 12.0 Å². The van der Waals surface area contributed by atoms with Gasteiger partial charge in [-0.15, -0.1) is 0 Å². The van der Waals surface area contributed by atoms with Crippen LogP contribution in [0.3, 0.4) is 0 Å². The lowest BCUT2D eigenvalue weighted by Gasteiger charge is -2.24. The standard InChI is InChI=1S/C29H28N4O4/c30-14-3-6-23-28(35)33(15-13-18-7-11-22(34)12-8-18)25-17-24(29(36)37)32-27(25)26(31-23)21-10-9-19-4-1-2-5-20(19)16-21/h1-2,4-5,7-12,16-17,23,32,34H,3,6,13-15,30H2,(H,36,37)/t23-/m0/s1. The number of anilines is 1. The molecule has 3 aromatic carbocycles. The lowest BCUT2D eigenvalue weighted by Crippen LogP contribution is -2.39. The molecule has 0 saturated heterocycles. The molecule has 1 aliphatic heterocycles. The van der Waals surface area contributed by atoms with Gasteiger partial charge in [0.05, 0.1) is 17.1 Å². The molecule has 0 unspecified atom stereocenters. The summed E-state index contributed by atoms with van der Waals surface area (Å²) in [7, 11) is 0. The molecule has 0 aliphatic carbocycles. The first kappa shape index (κ1) is 24.3. The molecule has 0 fully saturated rings. The van der Waals surface area contributed by atoms with Crippen molar-refractivity contribution in [1.82, 2.24) is 4.98 Å². The Balaban J connectivity index is 1.62. The molecule has 4 aromatic rings. The summed E-state index contributed by atoms with van der Waals surface area (Å²) in [6.45, 7) is 0.764. The smallest absolute Gasteiger partial charge is 0.352 e. The minimum Gasteiger partial charge on any atom is -0.508 e. The second kappa shape index (κ2) is 10.3. The molecule has 1 aromatic heterocycles. The average molecular weight is 497 g/mol. The number of aromatic nitrogens is 1. The van der Waals surface area contributed by atoms with E-state index in [1.54, 1.807) is 29.2 Å². The van der Waals surface area contributed by atoms with Gasteiger partial charge in [-0.25, -0.2) is 4.79 Å². The second-order valence-electron chi connectivity index (χ2n) is 9.14. The molecule has 1 aliphatic rings. The highest BCUT2D eigenvalue weighted by molar-refractivity contribution is 6.20. The number of carbonyl (C=O) groups is 2. The third kappa shape index (κ3) is 4.96. The molecule has 5 N–H and O–H groups in total. The number of hydrogen-bond donors (Lipinski definition) is 4. The Morgan fingerprint density at radius 3 is 2.51 bits per heavy atom. The number of amides is 1. The van der Waals surface area contributed by atoms with Crippen LogP contribution in [-0.4, -0.2) is 51.9 Å². The number of nitrogens with two attached hydrogens (primary N) is 1. The van der Waals surface area contributed by atoms with Crippen LogP contribution in [0.4, 0.5) is 5.69 Å². The molecular weight excluding hydrogens is 468 g/mol. The number of aromatic carboxylic acids is 1. The third-order valence-corrected chi connectivity index (χ3v) is 6.66. The molecule has 0 spiro atoms. The summed E-state index contributed by atoms with van der Waals surface area (Å²) in [6.07, 6.45) is 1.64. The van der Waals surface area contributed by atoms with E-state index in [-0.39, 0.29) is 17.4 Å². The highest BCUT2D eigenvalue weighted by atomic mass is 16.4. The number of aliphatic imine (C=N–C) groups is 1. The SMILES string of the molecule is NCCC[C@@H]1N=C(c2ccc3ccccc3c2)c2[nH]c(C(=O)O)cc2N(CCc2ccc(O)cc2)C1=O. The maximum Gasteiger partial charge on any atom is 0.352 e. The van der Waals surface area contributed by atoms with Gasteiger partial charge in [0.25, 0.3) is 5.91 Å². The number of carbonyl (C=O) groups excluding carboxylic acids is 1. The first-order valence-corrected chi connectivity index (χ1v) is 12.3. The maximum absolute atomic E-state index is 13.8. The lowest BCUT2D eigenvalue weighted by atomic mass is 10.0. The number of nitrogens with one attached hydrogen (secondary N) is 1. The van der Waals surface area contributed by atoms with Crippen LogP contribution in [0.25, 0.3) is 10.8 Å². The molecule has 37 heavy (non-hydrogen) atoms. The molecule has 8 heteroatoms. The minimum atomic E-state index is -1.11. The van der Waals surface area contributed by atoms with E-state index in [0.717, 1.165) is 21.9 Å². The Labute approximate surface area is 214 Å². The quantitative estimate of drug-likeness (QED) is 0.292. The third-order valence-electron chi connectivity index (χ3n) is 6.66. The summed E-state index contributed by atoms with van der Waals surface area (Å²) in [5.74, 6) is -1.14. The summed E-state index contributed by atoms with van der Waals surface area (Å²) >= 11 is 0. The number of phenols is 1. The van der Waals surface area contributed by atoms with Gasteiger partial charge in [0.1, 0.15) is 17.5 Å². The fourth-order valence-corrected chi connectivity index (χ4v) is 4.72. The first-order chi connectivity index (χ1) is 17.9. The van der Waals surface area contributed by atoms with Gasteiger partial charge in [-0.2, -0.15) is 0 Å². The number of nitrogens with zero attached hydrogens (tertiary/aromatic N) is 2. The summed E-state index contributed by atoms with van der Waals surface area (Å²) in [6, 6.07) is 21.6. The molecule has 2 heterocycles. The number of phenolic OH excluding ortho intramolecular Hbond substituents is 1. The molecule has 1 atom stereocenters. The van der Waals surface area contributed by atoms with E-state index in [2.05, 4.69) is 4.98 Å². The number of benzene rings is 3. The van der Waals surface area contributed by atoms with E-state index in [1.165, 1.54) is 6.07 Å². The highest BCUT2D eigenvalue weighted by Crippen LogP contribution is 2.32. The second-order valence-corrected chi connectivity index (χ2v) is 9.14. The van der Waals surface area contributed by atoms with Crippen LogP contribution in [0.5, 0.6) is 5.75 Å². The van der Waals surface area contributed by atoms with Crippen molar-refractivity contribution >= 4 is 34.0 Å². The summed E-state index contributed by atoms with van der Waals surface area (Å²) in [4.78, 5) is 35.3. The lowest BCUT2D eigenvalue weighted by molar-refractivity contribution is -0.119. The Kier molecular flexibility index (Phi) is 6.74. The fraction of sp³-hybridized carbons (Fsp3) is 0.207.